The summed E-state index contributed by atoms with van der Waals surface area (Å²) in [5, 5.41) is 4.83. The highest BCUT2D eigenvalue weighted by Crippen LogP contribution is 2.20. The molecule has 1 heterocycles. The number of rotatable bonds is 3. The molecule has 0 bridgehead atoms. The minimum absolute atomic E-state index is 0.0124. The summed E-state index contributed by atoms with van der Waals surface area (Å²) in [6, 6.07) is 14.1. The molecule has 0 aliphatic heterocycles. The van der Waals surface area contributed by atoms with Crippen molar-refractivity contribution in [1.82, 2.24) is 0 Å². The molecule has 5 nitrogen and oxygen atoms in total. The van der Waals surface area contributed by atoms with Crippen molar-refractivity contribution in [3.8, 4) is 0 Å². The molecule has 0 aliphatic rings. The van der Waals surface area contributed by atoms with E-state index < -0.39 is 0 Å². The molecule has 3 aromatic rings. The van der Waals surface area contributed by atoms with E-state index in [1.165, 1.54) is 6.21 Å². The molecular weight excluding hydrogens is 302 g/mol. The lowest BCUT2D eigenvalue weighted by Gasteiger charge is -2.03. The van der Waals surface area contributed by atoms with E-state index in [0.717, 1.165) is 5.69 Å². The first-order valence-corrected chi connectivity index (χ1v) is 6.89. The van der Waals surface area contributed by atoms with E-state index in [1.807, 2.05) is 30.3 Å². The van der Waals surface area contributed by atoms with Gasteiger partial charge in [-0.05, 0) is 30.3 Å². The quantitative estimate of drug-likeness (QED) is 0.573. The molecule has 110 valence electrons. The highest BCUT2D eigenvalue weighted by Gasteiger charge is 2.10. The van der Waals surface area contributed by atoms with Crippen LogP contribution in [0, 0.1) is 0 Å². The zero-order valence-corrected chi connectivity index (χ0v) is 12.2. The molecule has 22 heavy (non-hydrogen) atoms. The van der Waals surface area contributed by atoms with Crippen LogP contribution in [0.1, 0.15) is 5.56 Å². The Morgan fingerprint density at radius 3 is 2.73 bits per heavy atom. The molecule has 6 heteroatoms. The van der Waals surface area contributed by atoms with Gasteiger partial charge in [-0.3, -0.25) is 10.2 Å². The number of hydrogen-bond donors (Lipinski definition) is 2. The summed E-state index contributed by atoms with van der Waals surface area (Å²) in [7, 11) is 0. The number of nitrogens with two attached hydrogens (primary N) is 1. The van der Waals surface area contributed by atoms with Crippen LogP contribution in [0.15, 0.2) is 62.8 Å². The van der Waals surface area contributed by atoms with Crippen LogP contribution in [0.5, 0.6) is 0 Å². The van der Waals surface area contributed by atoms with Crippen LogP contribution in [0.25, 0.3) is 11.0 Å². The van der Waals surface area contributed by atoms with Gasteiger partial charge in [-0.1, -0.05) is 29.8 Å². The molecule has 0 amide bonds. The van der Waals surface area contributed by atoms with Gasteiger partial charge < -0.3 is 10.2 Å². The maximum Gasteiger partial charge on any atom is 0.203 e. The van der Waals surface area contributed by atoms with Gasteiger partial charge in [0.25, 0.3) is 0 Å². The van der Waals surface area contributed by atoms with Gasteiger partial charge in [-0.2, -0.15) is 5.10 Å². The summed E-state index contributed by atoms with van der Waals surface area (Å²) in [6.07, 6.45) is 1.34. The molecule has 0 unspecified atom stereocenters. The third kappa shape index (κ3) is 2.80. The average molecular weight is 314 g/mol. The molecular formula is C16H12ClN3O2. The van der Waals surface area contributed by atoms with E-state index in [4.69, 9.17) is 21.8 Å². The number of hydrazone groups is 1. The maximum atomic E-state index is 12.4. The zero-order valence-electron chi connectivity index (χ0n) is 11.4. The smallest absolute Gasteiger partial charge is 0.203 e. The number of anilines is 2. The largest absolute Gasteiger partial charge is 0.440 e. The van der Waals surface area contributed by atoms with Gasteiger partial charge >= 0.3 is 0 Å². The lowest BCUT2D eigenvalue weighted by molar-refractivity contribution is 0.624. The van der Waals surface area contributed by atoms with Crippen molar-refractivity contribution in [2.45, 2.75) is 0 Å². The number of nitrogens with one attached hydrogen (secondary N) is 1. The molecule has 0 saturated heterocycles. The Morgan fingerprint density at radius 2 is 1.95 bits per heavy atom. The van der Waals surface area contributed by atoms with E-state index in [-0.39, 0.29) is 16.9 Å². The summed E-state index contributed by atoms with van der Waals surface area (Å²) in [5.74, 6) is 0.0124. The Bertz CT molecular complexity index is 904. The highest BCUT2D eigenvalue weighted by molar-refractivity contribution is 6.31. The van der Waals surface area contributed by atoms with Gasteiger partial charge in [-0.15, -0.1) is 0 Å². The highest BCUT2D eigenvalue weighted by atomic mass is 35.5. The van der Waals surface area contributed by atoms with Gasteiger partial charge in [0, 0.05) is 5.02 Å². The fourth-order valence-electron chi connectivity index (χ4n) is 2.01. The van der Waals surface area contributed by atoms with Crippen molar-refractivity contribution in [3.63, 3.8) is 0 Å². The van der Waals surface area contributed by atoms with Crippen LogP contribution < -0.4 is 16.6 Å². The van der Waals surface area contributed by atoms with E-state index in [1.54, 1.807) is 18.2 Å². The van der Waals surface area contributed by atoms with Crippen molar-refractivity contribution >= 4 is 40.4 Å². The standard InChI is InChI=1S/C16H12ClN3O2/c17-10-6-7-14-12(8-10)15(21)13(16(18)22-14)9-19-20-11-4-2-1-3-5-11/h1-9,20H,18H2/b19-9+. The molecule has 0 fully saturated rings. The number of nitrogens with zero attached hydrogens (tertiary/aromatic N) is 1. The topological polar surface area (TPSA) is 80.6 Å². The number of benzene rings is 2. The predicted octanol–water partition coefficient (Wildman–Crippen LogP) is 3.47. The lowest BCUT2D eigenvalue weighted by atomic mass is 10.1. The van der Waals surface area contributed by atoms with Gasteiger partial charge in [0.05, 0.1) is 17.3 Å². The van der Waals surface area contributed by atoms with Crippen molar-refractivity contribution in [3.05, 3.63) is 69.3 Å². The second-order valence-corrected chi connectivity index (χ2v) is 5.02. The van der Waals surface area contributed by atoms with Crippen molar-refractivity contribution < 1.29 is 4.42 Å². The van der Waals surface area contributed by atoms with E-state index >= 15 is 0 Å². The van der Waals surface area contributed by atoms with Gasteiger partial charge in [0.1, 0.15) is 11.1 Å². The number of hydrogen-bond acceptors (Lipinski definition) is 5. The van der Waals surface area contributed by atoms with Crippen LogP contribution in [-0.4, -0.2) is 6.21 Å². The fraction of sp³-hybridized carbons (Fsp3) is 0. The first-order valence-electron chi connectivity index (χ1n) is 6.51. The lowest BCUT2D eigenvalue weighted by Crippen LogP contribution is -2.12. The molecule has 3 rings (SSSR count). The van der Waals surface area contributed by atoms with Crippen LogP contribution in [0.4, 0.5) is 11.6 Å². The molecule has 0 atom stereocenters. The molecule has 0 radical (unpaired) electrons. The van der Waals surface area contributed by atoms with Crippen molar-refractivity contribution in [2.24, 2.45) is 5.10 Å². The summed E-state index contributed by atoms with van der Waals surface area (Å²) in [5.41, 5.74) is 9.69. The van der Waals surface area contributed by atoms with Crippen LogP contribution in [0.3, 0.4) is 0 Å². The second kappa shape index (κ2) is 5.91. The van der Waals surface area contributed by atoms with Gasteiger partial charge in [-0.25, -0.2) is 0 Å². The van der Waals surface area contributed by atoms with Gasteiger partial charge in [0.15, 0.2) is 0 Å². The molecule has 0 saturated carbocycles. The number of fused-ring (bicyclic) bond motifs is 1. The molecule has 3 N–H and O–H groups in total. The van der Waals surface area contributed by atoms with Crippen LogP contribution >= 0.6 is 11.6 Å². The molecule has 2 aromatic carbocycles. The third-order valence-corrected chi connectivity index (χ3v) is 3.31. The predicted molar refractivity (Wildman–Crippen MR) is 89.6 cm³/mol. The summed E-state index contributed by atoms with van der Waals surface area (Å²) in [4.78, 5) is 12.4. The normalized spacial score (nSPS) is 11.1. The SMILES string of the molecule is Nc1oc2ccc(Cl)cc2c(=O)c1/C=N/Nc1ccccc1. The third-order valence-electron chi connectivity index (χ3n) is 3.08. The molecule has 1 aromatic heterocycles. The molecule has 0 aliphatic carbocycles. The summed E-state index contributed by atoms with van der Waals surface area (Å²) < 4.78 is 5.43. The van der Waals surface area contributed by atoms with Gasteiger partial charge in [0.2, 0.25) is 11.3 Å². The zero-order chi connectivity index (χ0) is 15.5. The monoisotopic (exact) mass is 313 g/mol. The molecule has 0 spiro atoms. The Labute approximate surface area is 131 Å². The summed E-state index contributed by atoms with van der Waals surface area (Å²) >= 11 is 5.91. The van der Waals surface area contributed by atoms with Crippen molar-refractivity contribution in [1.29, 1.82) is 0 Å². The minimum atomic E-state index is -0.278. The fourth-order valence-corrected chi connectivity index (χ4v) is 2.18. The first-order chi connectivity index (χ1) is 10.6. The number of nitrogen functional groups attached to an aromatic ring is 1. The second-order valence-electron chi connectivity index (χ2n) is 4.59. The van der Waals surface area contributed by atoms with Crippen molar-refractivity contribution in [2.75, 3.05) is 11.2 Å². The van der Waals surface area contributed by atoms with E-state index in [2.05, 4.69) is 10.5 Å². The van der Waals surface area contributed by atoms with Crippen LogP contribution in [0.2, 0.25) is 5.02 Å². The minimum Gasteiger partial charge on any atom is -0.440 e. The van der Waals surface area contributed by atoms with E-state index in [9.17, 15) is 4.79 Å². The Balaban J connectivity index is 1.98. The Hall–Kier alpha value is -2.79. The summed E-state index contributed by atoms with van der Waals surface area (Å²) in [6.45, 7) is 0. The average Bonchev–Trinajstić information content (AvgIpc) is 2.52. The number of para-hydroxylation sites is 1. The Kier molecular flexibility index (Phi) is 3.80. The van der Waals surface area contributed by atoms with Crippen LogP contribution in [-0.2, 0) is 0 Å². The first kappa shape index (κ1) is 14.2. The van der Waals surface area contributed by atoms with E-state index in [0.29, 0.717) is 16.0 Å². The maximum absolute atomic E-state index is 12.4. The number of halogens is 1. The Morgan fingerprint density at radius 1 is 1.18 bits per heavy atom.